The van der Waals surface area contributed by atoms with Crippen molar-refractivity contribution in [1.82, 2.24) is 0 Å². The number of terminal acetylenes is 1. The molecule has 0 saturated heterocycles. The molecule has 0 aliphatic carbocycles. The van der Waals surface area contributed by atoms with Gasteiger partial charge in [0.1, 0.15) is 5.75 Å². The van der Waals surface area contributed by atoms with E-state index in [0.29, 0.717) is 6.61 Å². The van der Waals surface area contributed by atoms with Crippen LogP contribution in [0.2, 0.25) is 0 Å². The molecule has 132 valence electrons. The topological polar surface area (TPSA) is 9.23 Å². The lowest BCUT2D eigenvalue weighted by atomic mass is 9.95. The van der Waals surface area contributed by atoms with Gasteiger partial charge in [-0.15, -0.1) is 6.42 Å². The van der Waals surface area contributed by atoms with Gasteiger partial charge in [0.2, 0.25) is 0 Å². The smallest absolute Gasteiger partial charge is 0.120 e. The third-order valence-corrected chi connectivity index (χ3v) is 4.74. The zero-order chi connectivity index (χ0) is 18.4. The van der Waals surface area contributed by atoms with E-state index in [1.807, 2.05) is 13.0 Å². The minimum absolute atomic E-state index is 0.657. The van der Waals surface area contributed by atoms with Gasteiger partial charge < -0.3 is 4.74 Å². The molecule has 26 heavy (non-hydrogen) atoms. The number of rotatable bonds is 7. The molecular formula is C25H26O. The van der Waals surface area contributed by atoms with Crippen LogP contribution < -0.4 is 4.74 Å². The maximum atomic E-state index is 5.78. The predicted octanol–water partition coefficient (Wildman–Crippen LogP) is 6.62. The van der Waals surface area contributed by atoms with Crippen LogP contribution in [0.4, 0.5) is 0 Å². The zero-order valence-corrected chi connectivity index (χ0v) is 15.7. The minimum atomic E-state index is 0.657. The van der Waals surface area contributed by atoms with E-state index < -0.39 is 0 Å². The van der Waals surface area contributed by atoms with Crippen molar-refractivity contribution in [3.05, 3.63) is 65.7 Å². The molecule has 0 aliphatic heterocycles. The number of hydrogen-bond acceptors (Lipinski definition) is 1. The average molecular weight is 342 g/mol. The van der Waals surface area contributed by atoms with Crippen LogP contribution in [-0.4, -0.2) is 6.61 Å². The van der Waals surface area contributed by atoms with Crippen molar-refractivity contribution in [2.24, 2.45) is 0 Å². The van der Waals surface area contributed by atoms with E-state index >= 15 is 0 Å². The normalized spacial score (nSPS) is 10.7. The molecule has 0 unspecified atom stereocenters. The Kier molecular flexibility index (Phi) is 5.97. The van der Waals surface area contributed by atoms with Crippen LogP contribution in [0, 0.1) is 12.3 Å². The maximum Gasteiger partial charge on any atom is 0.120 e. The number of fused-ring (bicyclic) bond motifs is 1. The first kappa shape index (κ1) is 18.1. The summed E-state index contributed by atoms with van der Waals surface area (Å²) in [5, 5.41) is 2.32. The Morgan fingerprint density at radius 3 is 2.42 bits per heavy atom. The number of ether oxygens (including phenoxy) is 1. The maximum absolute atomic E-state index is 5.78. The molecule has 0 amide bonds. The van der Waals surface area contributed by atoms with Gasteiger partial charge in [0.25, 0.3) is 0 Å². The van der Waals surface area contributed by atoms with Gasteiger partial charge >= 0.3 is 0 Å². The van der Waals surface area contributed by atoms with Crippen LogP contribution >= 0.6 is 0 Å². The van der Waals surface area contributed by atoms with Gasteiger partial charge in [-0.1, -0.05) is 56.0 Å². The monoisotopic (exact) mass is 342 g/mol. The van der Waals surface area contributed by atoms with Crippen molar-refractivity contribution in [3.63, 3.8) is 0 Å². The first-order valence-corrected chi connectivity index (χ1v) is 9.51. The third kappa shape index (κ3) is 4.09. The van der Waals surface area contributed by atoms with Crippen LogP contribution in [0.15, 0.2) is 54.6 Å². The lowest BCUT2D eigenvalue weighted by Gasteiger charge is -2.12. The van der Waals surface area contributed by atoms with Crippen LogP contribution in [0.25, 0.3) is 21.9 Å². The highest BCUT2D eigenvalue weighted by molar-refractivity contribution is 5.98. The summed E-state index contributed by atoms with van der Waals surface area (Å²) >= 11 is 0. The van der Waals surface area contributed by atoms with E-state index in [9.17, 15) is 0 Å². The fourth-order valence-corrected chi connectivity index (χ4v) is 3.34. The Labute approximate surface area is 157 Å². The summed E-state index contributed by atoms with van der Waals surface area (Å²) in [6, 6.07) is 19.3. The Hall–Kier alpha value is -2.72. The van der Waals surface area contributed by atoms with Crippen LogP contribution in [0.5, 0.6) is 5.75 Å². The second-order valence-electron chi connectivity index (χ2n) is 6.64. The molecule has 0 saturated carbocycles. The van der Waals surface area contributed by atoms with Crippen LogP contribution in [-0.2, 0) is 6.42 Å². The van der Waals surface area contributed by atoms with E-state index in [1.54, 1.807) is 0 Å². The summed E-state index contributed by atoms with van der Waals surface area (Å²) in [7, 11) is 0. The summed E-state index contributed by atoms with van der Waals surface area (Å²) in [4.78, 5) is 0. The molecule has 0 bridgehead atoms. The fraction of sp³-hybridized carbons (Fsp3) is 0.280. The zero-order valence-electron chi connectivity index (χ0n) is 15.7. The molecular weight excluding hydrogens is 316 g/mol. The molecule has 0 atom stereocenters. The van der Waals surface area contributed by atoms with Gasteiger partial charge in [-0.25, -0.2) is 0 Å². The van der Waals surface area contributed by atoms with Gasteiger partial charge in [0.15, 0.2) is 0 Å². The van der Waals surface area contributed by atoms with Crippen molar-refractivity contribution in [2.75, 3.05) is 6.61 Å². The second-order valence-corrected chi connectivity index (χ2v) is 6.64. The molecule has 0 heterocycles. The number of hydrogen-bond donors (Lipinski definition) is 0. The van der Waals surface area contributed by atoms with Gasteiger partial charge in [0, 0.05) is 5.56 Å². The summed E-state index contributed by atoms with van der Waals surface area (Å²) < 4.78 is 5.78. The SMILES string of the molecule is C#Cc1ccc2cc(OCC)cc(-c3ccc(CCCCC)cc3)c2c1. The van der Waals surface area contributed by atoms with Gasteiger partial charge in [-0.3, -0.25) is 0 Å². The van der Waals surface area contributed by atoms with Gasteiger partial charge in [-0.05, 0) is 71.5 Å². The molecule has 0 fully saturated rings. The Balaban J connectivity index is 2.02. The summed E-state index contributed by atoms with van der Waals surface area (Å²) in [6.45, 7) is 4.91. The summed E-state index contributed by atoms with van der Waals surface area (Å²) in [6.07, 6.45) is 10.6. The van der Waals surface area contributed by atoms with Gasteiger partial charge in [-0.2, -0.15) is 0 Å². The second kappa shape index (κ2) is 8.59. The highest BCUT2D eigenvalue weighted by atomic mass is 16.5. The van der Waals surface area contributed by atoms with Crippen molar-refractivity contribution in [1.29, 1.82) is 0 Å². The van der Waals surface area contributed by atoms with E-state index in [-0.39, 0.29) is 0 Å². The average Bonchev–Trinajstić information content (AvgIpc) is 2.68. The van der Waals surface area contributed by atoms with Crippen LogP contribution in [0.3, 0.4) is 0 Å². The van der Waals surface area contributed by atoms with Crippen LogP contribution in [0.1, 0.15) is 44.2 Å². The molecule has 1 heteroatoms. The number of unbranched alkanes of at least 4 members (excludes halogenated alkanes) is 2. The fourth-order valence-electron chi connectivity index (χ4n) is 3.34. The van der Waals surface area contributed by atoms with Crippen molar-refractivity contribution in [2.45, 2.75) is 39.5 Å². The van der Waals surface area contributed by atoms with Crippen molar-refractivity contribution >= 4 is 10.8 Å². The Morgan fingerprint density at radius 2 is 1.73 bits per heavy atom. The third-order valence-electron chi connectivity index (χ3n) is 4.74. The molecule has 0 spiro atoms. The molecule has 3 aromatic rings. The summed E-state index contributed by atoms with van der Waals surface area (Å²) in [5.74, 6) is 3.64. The quantitative estimate of drug-likeness (QED) is 0.346. The molecule has 1 nitrogen and oxygen atoms in total. The molecule has 0 aliphatic rings. The van der Waals surface area contributed by atoms with Crippen molar-refractivity contribution < 1.29 is 4.74 Å². The highest BCUT2D eigenvalue weighted by Crippen LogP contribution is 2.34. The molecule has 0 radical (unpaired) electrons. The van der Waals surface area contributed by atoms with E-state index in [2.05, 4.69) is 61.4 Å². The predicted molar refractivity (Wildman–Crippen MR) is 112 cm³/mol. The van der Waals surface area contributed by atoms with E-state index in [4.69, 9.17) is 11.2 Å². The molecule has 0 N–H and O–H groups in total. The lowest BCUT2D eigenvalue weighted by molar-refractivity contribution is 0.341. The van der Waals surface area contributed by atoms with Gasteiger partial charge in [0.05, 0.1) is 6.61 Å². The minimum Gasteiger partial charge on any atom is -0.494 e. The molecule has 0 aromatic heterocycles. The van der Waals surface area contributed by atoms with E-state index in [1.165, 1.54) is 41.3 Å². The first-order valence-electron chi connectivity index (χ1n) is 9.51. The number of aryl methyl sites for hydroxylation is 1. The largest absolute Gasteiger partial charge is 0.494 e. The highest BCUT2D eigenvalue weighted by Gasteiger charge is 2.08. The van der Waals surface area contributed by atoms with Crippen molar-refractivity contribution in [3.8, 4) is 29.2 Å². The molecule has 3 rings (SSSR count). The Bertz CT molecular complexity index is 913. The lowest BCUT2D eigenvalue weighted by Crippen LogP contribution is -1.93. The summed E-state index contributed by atoms with van der Waals surface area (Å²) in [5.41, 5.74) is 4.67. The number of benzene rings is 3. The first-order chi connectivity index (χ1) is 12.7. The Morgan fingerprint density at radius 1 is 0.923 bits per heavy atom. The van der Waals surface area contributed by atoms with E-state index in [0.717, 1.165) is 23.1 Å². The standard InChI is InChI=1S/C25H26O/c1-4-7-8-9-20-11-13-21(14-12-20)25-18-23(26-6-3)17-22-15-10-19(5-2)16-24(22)25/h2,10-18H,4,6-9H2,1,3H3. The molecule has 3 aromatic carbocycles.